The van der Waals surface area contributed by atoms with Crippen LogP contribution in [0.2, 0.25) is 0 Å². The molecule has 2 heterocycles. The first-order valence-corrected chi connectivity index (χ1v) is 7.70. The Kier molecular flexibility index (Phi) is 4.65. The maximum Gasteiger partial charge on any atom is 0.407 e. The number of likely N-dealkylation sites (tertiary alicyclic amines) is 1. The van der Waals surface area contributed by atoms with Gasteiger partial charge in [-0.3, -0.25) is 0 Å². The molecule has 3 rings (SSSR count). The Balaban J connectivity index is 1.69. The predicted molar refractivity (Wildman–Crippen MR) is 89.2 cm³/mol. The number of pyridine rings is 1. The first-order valence-electron chi connectivity index (χ1n) is 7.70. The molecule has 6 heteroatoms. The third kappa shape index (κ3) is 4.04. The van der Waals surface area contributed by atoms with Crippen molar-refractivity contribution < 1.29 is 19.7 Å². The van der Waals surface area contributed by atoms with Gasteiger partial charge in [-0.15, -0.1) is 0 Å². The van der Waals surface area contributed by atoms with Crippen LogP contribution in [0.1, 0.15) is 18.4 Å². The number of amides is 1. The largest absolute Gasteiger partial charge is 0.508 e. The molecule has 6 nitrogen and oxygen atoms in total. The van der Waals surface area contributed by atoms with Gasteiger partial charge in [-0.2, -0.15) is 0 Å². The van der Waals surface area contributed by atoms with Gasteiger partial charge in [0.2, 0.25) is 5.88 Å². The standard InChI is InChI=1S/C18H18N2O4/c21-15-4-7-19-17(12-15)24-16-3-1-2-14(11-16)10-13-5-8-20(9-6-13)18(22)23/h1-4,7,10-12H,5-6,8-9H2,(H,19,21)(H,22,23). The van der Waals surface area contributed by atoms with Gasteiger partial charge in [0.15, 0.2) is 0 Å². The molecule has 1 aliphatic rings. The molecule has 1 aromatic carbocycles. The summed E-state index contributed by atoms with van der Waals surface area (Å²) in [6.45, 7) is 1.06. The average molecular weight is 326 g/mol. The van der Waals surface area contributed by atoms with Crippen LogP contribution in [0.5, 0.6) is 17.4 Å². The zero-order chi connectivity index (χ0) is 16.9. The predicted octanol–water partition coefficient (Wildman–Crippen LogP) is 3.74. The zero-order valence-corrected chi connectivity index (χ0v) is 13.1. The molecule has 0 spiro atoms. The van der Waals surface area contributed by atoms with Crippen LogP contribution >= 0.6 is 0 Å². The van der Waals surface area contributed by atoms with Crippen LogP contribution in [0.25, 0.3) is 6.08 Å². The summed E-state index contributed by atoms with van der Waals surface area (Å²) in [5, 5.41) is 18.4. The number of piperidine rings is 1. The lowest BCUT2D eigenvalue weighted by Gasteiger charge is -2.25. The van der Waals surface area contributed by atoms with Crippen molar-refractivity contribution in [2.75, 3.05) is 13.1 Å². The fourth-order valence-electron chi connectivity index (χ4n) is 2.61. The van der Waals surface area contributed by atoms with E-state index in [0.717, 1.165) is 18.4 Å². The number of aromatic hydroxyl groups is 1. The highest BCUT2D eigenvalue weighted by molar-refractivity contribution is 5.65. The first kappa shape index (κ1) is 15.9. The number of rotatable bonds is 3. The van der Waals surface area contributed by atoms with Crippen LogP contribution in [0.3, 0.4) is 0 Å². The lowest BCUT2D eigenvalue weighted by molar-refractivity contribution is 0.142. The summed E-state index contributed by atoms with van der Waals surface area (Å²) in [5.41, 5.74) is 2.21. The zero-order valence-electron chi connectivity index (χ0n) is 13.1. The number of nitrogens with zero attached hydrogens (tertiary/aromatic N) is 2. The molecule has 0 atom stereocenters. The van der Waals surface area contributed by atoms with E-state index in [4.69, 9.17) is 9.84 Å². The Morgan fingerprint density at radius 1 is 1.21 bits per heavy atom. The van der Waals surface area contributed by atoms with Crippen LogP contribution in [-0.4, -0.2) is 39.3 Å². The second kappa shape index (κ2) is 7.04. The third-order valence-corrected chi connectivity index (χ3v) is 3.85. The molecule has 0 bridgehead atoms. The molecule has 2 aromatic rings. The second-order valence-corrected chi connectivity index (χ2v) is 5.60. The van der Waals surface area contributed by atoms with Crippen molar-refractivity contribution in [3.05, 3.63) is 53.7 Å². The Morgan fingerprint density at radius 3 is 2.71 bits per heavy atom. The van der Waals surface area contributed by atoms with Gasteiger partial charge in [-0.1, -0.05) is 23.8 Å². The second-order valence-electron chi connectivity index (χ2n) is 5.60. The quantitative estimate of drug-likeness (QED) is 0.898. The molecule has 24 heavy (non-hydrogen) atoms. The molecule has 1 aromatic heterocycles. The highest BCUT2D eigenvalue weighted by atomic mass is 16.5. The van der Waals surface area contributed by atoms with E-state index < -0.39 is 6.09 Å². The Bertz CT molecular complexity index is 763. The van der Waals surface area contributed by atoms with Crippen molar-refractivity contribution in [3.63, 3.8) is 0 Å². The summed E-state index contributed by atoms with van der Waals surface area (Å²) in [7, 11) is 0. The van der Waals surface area contributed by atoms with Crippen LogP contribution in [0, 0.1) is 0 Å². The molecule has 1 aliphatic heterocycles. The molecular formula is C18H18N2O4. The minimum absolute atomic E-state index is 0.100. The lowest BCUT2D eigenvalue weighted by Crippen LogP contribution is -2.35. The van der Waals surface area contributed by atoms with Crippen LogP contribution < -0.4 is 4.74 Å². The van der Waals surface area contributed by atoms with E-state index in [1.807, 2.05) is 24.3 Å². The maximum atomic E-state index is 10.9. The van der Waals surface area contributed by atoms with Crippen molar-refractivity contribution in [1.82, 2.24) is 9.88 Å². The average Bonchev–Trinajstić information content (AvgIpc) is 2.56. The highest BCUT2D eigenvalue weighted by Gasteiger charge is 2.17. The number of benzene rings is 1. The van der Waals surface area contributed by atoms with E-state index in [1.54, 1.807) is 0 Å². The SMILES string of the molecule is O=C(O)N1CCC(=Cc2cccc(Oc3cc(O)ccn3)c2)CC1. The van der Waals surface area contributed by atoms with E-state index >= 15 is 0 Å². The van der Waals surface area contributed by atoms with Gasteiger partial charge in [0.1, 0.15) is 11.5 Å². The smallest absolute Gasteiger partial charge is 0.407 e. The van der Waals surface area contributed by atoms with Crippen LogP contribution in [-0.2, 0) is 0 Å². The first-order chi connectivity index (χ1) is 11.6. The molecular weight excluding hydrogens is 308 g/mol. The van der Waals surface area contributed by atoms with Gasteiger partial charge >= 0.3 is 6.09 Å². The Hall–Kier alpha value is -3.02. The van der Waals surface area contributed by atoms with Gasteiger partial charge in [0, 0.05) is 25.4 Å². The van der Waals surface area contributed by atoms with Gasteiger partial charge in [0.25, 0.3) is 0 Å². The molecule has 0 radical (unpaired) electrons. The van der Waals surface area contributed by atoms with Gasteiger partial charge in [-0.05, 0) is 36.6 Å². The van der Waals surface area contributed by atoms with Gasteiger partial charge in [-0.25, -0.2) is 9.78 Å². The van der Waals surface area contributed by atoms with Crippen LogP contribution in [0.4, 0.5) is 4.79 Å². The monoisotopic (exact) mass is 326 g/mol. The number of hydrogen-bond acceptors (Lipinski definition) is 4. The molecule has 0 aliphatic carbocycles. The van der Waals surface area contributed by atoms with E-state index in [2.05, 4.69) is 11.1 Å². The molecule has 1 fully saturated rings. The Morgan fingerprint density at radius 2 is 2.00 bits per heavy atom. The minimum Gasteiger partial charge on any atom is -0.508 e. The van der Waals surface area contributed by atoms with Crippen molar-refractivity contribution >= 4 is 12.2 Å². The summed E-state index contributed by atoms with van der Waals surface area (Å²) < 4.78 is 5.65. The minimum atomic E-state index is -0.858. The van der Waals surface area contributed by atoms with Gasteiger partial charge in [0.05, 0.1) is 0 Å². The number of hydrogen-bond donors (Lipinski definition) is 2. The summed E-state index contributed by atoms with van der Waals surface area (Å²) in [5.74, 6) is 1.06. The number of ether oxygens (including phenoxy) is 1. The number of carboxylic acid groups (broad SMARTS) is 1. The normalized spacial score (nSPS) is 14.3. The maximum absolute atomic E-state index is 10.9. The van der Waals surface area contributed by atoms with Gasteiger partial charge < -0.3 is 19.8 Å². The third-order valence-electron chi connectivity index (χ3n) is 3.85. The molecule has 124 valence electrons. The van der Waals surface area contributed by atoms with Crippen molar-refractivity contribution in [3.8, 4) is 17.4 Å². The summed E-state index contributed by atoms with van der Waals surface area (Å²) >= 11 is 0. The summed E-state index contributed by atoms with van der Waals surface area (Å²) in [6, 6.07) is 10.5. The lowest BCUT2D eigenvalue weighted by atomic mass is 10.0. The fraction of sp³-hybridized carbons (Fsp3) is 0.222. The fourth-order valence-corrected chi connectivity index (χ4v) is 2.61. The van der Waals surface area contributed by atoms with Crippen molar-refractivity contribution in [1.29, 1.82) is 0 Å². The molecule has 0 saturated carbocycles. The highest BCUT2D eigenvalue weighted by Crippen LogP contribution is 2.25. The molecule has 0 unspecified atom stereocenters. The van der Waals surface area contributed by atoms with Crippen LogP contribution in [0.15, 0.2) is 48.2 Å². The molecule has 1 saturated heterocycles. The molecule has 2 N–H and O–H groups in total. The number of carbonyl (C=O) groups is 1. The van der Waals surface area contributed by atoms with Crippen molar-refractivity contribution in [2.45, 2.75) is 12.8 Å². The summed E-state index contributed by atoms with van der Waals surface area (Å²) in [6.07, 6.45) is 4.18. The summed E-state index contributed by atoms with van der Waals surface area (Å²) in [4.78, 5) is 16.4. The van der Waals surface area contributed by atoms with E-state index in [1.165, 1.54) is 28.8 Å². The topological polar surface area (TPSA) is 82.9 Å². The van der Waals surface area contributed by atoms with E-state index in [-0.39, 0.29) is 5.75 Å². The Labute approximate surface area is 139 Å². The molecule has 1 amide bonds. The number of aromatic nitrogens is 1. The van der Waals surface area contributed by atoms with Crippen molar-refractivity contribution in [2.24, 2.45) is 0 Å². The van der Waals surface area contributed by atoms with E-state index in [0.29, 0.717) is 24.7 Å². The van der Waals surface area contributed by atoms with E-state index in [9.17, 15) is 9.90 Å².